The molecule has 4 N–H and O–H groups in total. The third-order valence-corrected chi connectivity index (χ3v) is 0.827. The molecule has 4 nitrogen and oxygen atoms in total. The zero-order valence-electron chi connectivity index (χ0n) is 14.6. The molecule has 1 rings (SSSR count). The molecule has 0 fully saturated rings. The molecule has 1 aromatic rings. The molecule has 0 saturated heterocycles. The summed E-state index contributed by atoms with van der Waals surface area (Å²) in [7, 11) is -1.61. The second-order valence-electron chi connectivity index (χ2n) is 5.83. The van der Waals surface area contributed by atoms with Crippen molar-refractivity contribution < 1.29 is 50.7 Å². The Bertz CT molecular complexity index is 289. The fourth-order valence-corrected chi connectivity index (χ4v) is 0.441. The van der Waals surface area contributed by atoms with Gasteiger partial charge in [0.05, 0.1) is 0 Å². The van der Waals surface area contributed by atoms with Crippen LogP contribution in [0.3, 0.4) is 0 Å². The van der Waals surface area contributed by atoms with Crippen LogP contribution in [-0.4, -0.2) is 40.6 Å². The van der Waals surface area contributed by atoms with Crippen molar-refractivity contribution in [3.8, 4) is 5.75 Å². The van der Waals surface area contributed by atoms with Crippen LogP contribution in [0, 0.1) is 5.82 Å². The molecule has 0 amide bonds. The molecule has 0 unspecified atom stereocenters. The Labute approximate surface area is 154 Å². The monoisotopic (exact) mass is 412 g/mol. The number of hydrogen-bond acceptors (Lipinski definition) is 4. The summed E-state index contributed by atoms with van der Waals surface area (Å²) in [6.07, 6.45) is -0.333. The van der Waals surface area contributed by atoms with Crippen molar-refractivity contribution >= 4 is 8.32 Å². The maximum Gasteiger partial charge on any atom is 0.179 e. The van der Waals surface area contributed by atoms with Crippen LogP contribution in [0.4, 0.5) is 4.39 Å². The first-order valence-corrected chi connectivity index (χ1v) is 10.2. The molecule has 7 heteroatoms. The van der Waals surface area contributed by atoms with Crippen molar-refractivity contribution in [3.63, 3.8) is 0 Å². The number of halogens is 1. The molecule has 130 valence electrons. The molecule has 0 atom stereocenters. The molecule has 0 aliphatic heterocycles. The van der Waals surface area contributed by atoms with Crippen LogP contribution < -0.4 is 0 Å². The first kappa shape index (κ1) is 29.9. The molecule has 0 radical (unpaired) electrons. The Balaban J connectivity index is -0.000000103. The van der Waals surface area contributed by atoms with E-state index in [0.717, 1.165) is 0 Å². The normalized spacial score (nSPS) is 9.32. The molecule has 22 heavy (non-hydrogen) atoms. The summed E-state index contributed by atoms with van der Waals surface area (Å²) in [5, 5.41) is 24.7. The average molecular weight is 414 g/mol. The first-order valence-electron chi connectivity index (χ1n) is 6.78. The molecule has 0 bridgehead atoms. The van der Waals surface area contributed by atoms with E-state index in [0.29, 0.717) is 0 Å². The summed E-state index contributed by atoms with van der Waals surface area (Å²) in [6, 6.07) is 5.01. The fraction of sp³-hybridized carbons (Fsp3) is 0.600. The van der Waals surface area contributed by atoms with Crippen LogP contribution >= 0.6 is 0 Å². The first-order chi connectivity index (χ1) is 9.25. The van der Waals surface area contributed by atoms with Crippen molar-refractivity contribution in [2.24, 2.45) is 0 Å². The SMILES string of the molecule is CC(C)O.CC(C)O.C[Si](C)(C)O.Oc1ccc(F)cc1.[Zr]. The summed E-state index contributed by atoms with van der Waals surface area (Å²) < 4.78 is 12.0. The number of benzene rings is 1. The van der Waals surface area contributed by atoms with Crippen molar-refractivity contribution in [2.75, 3.05) is 0 Å². The quantitative estimate of drug-likeness (QED) is 0.493. The fourth-order valence-electron chi connectivity index (χ4n) is 0.441. The number of aliphatic hydroxyl groups is 2. The maximum absolute atomic E-state index is 12.0. The van der Waals surface area contributed by atoms with E-state index in [9.17, 15) is 4.39 Å². The molecule has 0 aromatic heterocycles. The van der Waals surface area contributed by atoms with Crippen LogP contribution in [0.2, 0.25) is 19.6 Å². The number of hydrogen-bond donors (Lipinski definition) is 4. The summed E-state index contributed by atoms with van der Waals surface area (Å²) in [4.78, 5) is 8.66. The van der Waals surface area contributed by atoms with Gasteiger partial charge in [-0.2, -0.15) is 0 Å². The minimum atomic E-state index is -1.61. The Hall–Kier alpha value is -0.0700. The van der Waals surface area contributed by atoms with Crippen LogP contribution in [-0.2, 0) is 26.2 Å². The number of aromatic hydroxyl groups is 1. The van der Waals surface area contributed by atoms with Crippen molar-refractivity contribution in [1.29, 1.82) is 0 Å². The van der Waals surface area contributed by atoms with Crippen molar-refractivity contribution in [2.45, 2.75) is 59.5 Å². The molecule has 0 aliphatic carbocycles. The number of phenolic OH excluding ortho intramolecular Hbond substituents is 1. The molecular formula is C15H31FO4SiZr. The Morgan fingerprint density at radius 3 is 1.18 bits per heavy atom. The van der Waals surface area contributed by atoms with Gasteiger partial charge in [-0.15, -0.1) is 0 Å². The van der Waals surface area contributed by atoms with E-state index in [-0.39, 0.29) is 50.0 Å². The van der Waals surface area contributed by atoms with Crippen molar-refractivity contribution in [3.05, 3.63) is 30.1 Å². The topological polar surface area (TPSA) is 80.9 Å². The average Bonchev–Trinajstić information content (AvgIpc) is 2.18. The van der Waals surface area contributed by atoms with Crippen LogP contribution in [0.5, 0.6) is 5.75 Å². The maximum atomic E-state index is 12.0. The predicted octanol–water partition coefficient (Wildman–Crippen LogP) is 3.12. The minimum Gasteiger partial charge on any atom is -0.508 e. The number of rotatable bonds is 0. The van der Waals surface area contributed by atoms with E-state index in [2.05, 4.69) is 0 Å². The zero-order valence-corrected chi connectivity index (χ0v) is 18.1. The van der Waals surface area contributed by atoms with Gasteiger partial charge in [0.15, 0.2) is 8.32 Å². The number of aliphatic hydroxyl groups excluding tert-OH is 2. The van der Waals surface area contributed by atoms with Crippen LogP contribution in [0.15, 0.2) is 24.3 Å². The van der Waals surface area contributed by atoms with E-state index in [4.69, 9.17) is 20.1 Å². The zero-order chi connectivity index (χ0) is 17.6. The van der Waals surface area contributed by atoms with Gasteiger partial charge in [0, 0.05) is 38.4 Å². The standard InChI is InChI=1S/C6H5FO.C3H10OSi.2C3H8O.Zr/c7-5-1-3-6(8)4-2-5;1-5(2,3)4;2*1-3(2)4;/h1-4,8H;4H,1-3H3;2*3-4H,1-2H3;. The van der Waals surface area contributed by atoms with Gasteiger partial charge < -0.3 is 20.1 Å². The number of phenols is 1. The molecule has 0 heterocycles. The van der Waals surface area contributed by atoms with Crippen LogP contribution in [0.25, 0.3) is 0 Å². The Morgan fingerprint density at radius 2 is 1.05 bits per heavy atom. The minimum absolute atomic E-state index is 0. The molecule has 0 saturated carbocycles. The second-order valence-corrected chi connectivity index (χ2v) is 10.2. The van der Waals surface area contributed by atoms with Gasteiger partial charge >= 0.3 is 0 Å². The van der Waals surface area contributed by atoms with Gasteiger partial charge in [0.25, 0.3) is 0 Å². The molecular weight excluding hydrogens is 382 g/mol. The van der Waals surface area contributed by atoms with E-state index < -0.39 is 8.32 Å². The third-order valence-electron chi connectivity index (χ3n) is 0.827. The Kier molecular flexibility index (Phi) is 23.5. The van der Waals surface area contributed by atoms with Gasteiger partial charge in [0.2, 0.25) is 0 Å². The second kappa shape index (κ2) is 17.3. The van der Waals surface area contributed by atoms with Crippen molar-refractivity contribution in [1.82, 2.24) is 0 Å². The van der Waals surface area contributed by atoms with Gasteiger partial charge in [-0.3, -0.25) is 0 Å². The summed E-state index contributed by atoms with van der Waals surface area (Å²) in [6.45, 7) is 12.5. The summed E-state index contributed by atoms with van der Waals surface area (Å²) in [5.41, 5.74) is 0. The molecule has 1 aromatic carbocycles. The van der Waals surface area contributed by atoms with E-state index in [1.54, 1.807) is 27.7 Å². The summed E-state index contributed by atoms with van der Waals surface area (Å²) in [5.74, 6) is -0.241. The van der Waals surface area contributed by atoms with E-state index >= 15 is 0 Å². The smallest absolute Gasteiger partial charge is 0.179 e. The Morgan fingerprint density at radius 1 is 0.864 bits per heavy atom. The van der Waals surface area contributed by atoms with Gasteiger partial charge in [-0.25, -0.2) is 4.39 Å². The third kappa shape index (κ3) is 72.4. The van der Waals surface area contributed by atoms with Crippen LogP contribution in [0.1, 0.15) is 27.7 Å². The van der Waals surface area contributed by atoms with E-state index in [1.165, 1.54) is 24.3 Å². The molecule has 0 aliphatic rings. The largest absolute Gasteiger partial charge is 0.508 e. The van der Waals surface area contributed by atoms with Gasteiger partial charge in [-0.05, 0) is 71.6 Å². The molecule has 0 spiro atoms. The predicted molar refractivity (Wildman–Crippen MR) is 88.3 cm³/mol. The van der Waals surface area contributed by atoms with Gasteiger partial charge in [-0.1, -0.05) is 0 Å². The summed E-state index contributed by atoms with van der Waals surface area (Å²) >= 11 is 0. The van der Waals surface area contributed by atoms with E-state index in [1.807, 2.05) is 19.6 Å². The van der Waals surface area contributed by atoms with Gasteiger partial charge in [0.1, 0.15) is 11.6 Å².